The molecule has 1 aliphatic rings. The van der Waals surface area contributed by atoms with E-state index in [9.17, 15) is 38.7 Å². The molecule has 1 fully saturated rings. The predicted octanol–water partition coefficient (Wildman–Crippen LogP) is 0.203. The van der Waals surface area contributed by atoms with E-state index in [0.717, 1.165) is 18.4 Å². The first kappa shape index (κ1) is 44.1. The Bertz CT molecular complexity index is 1590. The number of benzene rings is 1. The molecular formula is C38H57N9O8. The molecule has 7 atom stereocenters. The Hall–Kier alpha value is -5.32. The minimum Gasteiger partial charge on any atom is -0.481 e. The largest absolute Gasteiger partial charge is 0.481 e. The third kappa shape index (κ3) is 14.8. The van der Waals surface area contributed by atoms with Gasteiger partial charge in [0.05, 0.1) is 12.4 Å². The summed E-state index contributed by atoms with van der Waals surface area (Å²) in [5.74, 6) is -5.41. The molecule has 1 aromatic heterocycles. The second-order valence-electron chi connectivity index (χ2n) is 14.5. The van der Waals surface area contributed by atoms with Gasteiger partial charge in [0.1, 0.15) is 30.2 Å². The van der Waals surface area contributed by atoms with E-state index in [0.29, 0.717) is 25.1 Å². The summed E-state index contributed by atoms with van der Waals surface area (Å²) in [6, 6.07) is 2.55. The first-order valence-corrected chi connectivity index (χ1v) is 19.0. The van der Waals surface area contributed by atoms with E-state index >= 15 is 0 Å². The van der Waals surface area contributed by atoms with Crippen LogP contribution in [0.4, 0.5) is 0 Å². The van der Waals surface area contributed by atoms with Crippen molar-refractivity contribution < 1.29 is 38.7 Å². The lowest BCUT2D eigenvalue weighted by Gasteiger charge is -2.29. The molecule has 10 N–H and O–H groups in total. The van der Waals surface area contributed by atoms with Crippen LogP contribution in [0, 0.1) is 11.8 Å². The summed E-state index contributed by atoms with van der Waals surface area (Å²) in [6.45, 7) is 7.82. The maximum absolute atomic E-state index is 14.0. The molecule has 302 valence electrons. The van der Waals surface area contributed by atoms with Crippen molar-refractivity contribution in [3.8, 4) is 0 Å². The number of imidazole rings is 1. The highest BCUT2D eigenvalue weighted by molar-refractivity contribution is 5.97. The average molecular weight is 768 g/mol. The number of aliphatic carboxylic acids is 1. The van der Waals surface area contributed by atoms with Crippen LogP contribution < -0.4 is 37.6 Å². The van der Waals surface area contributed by atoms with E-state index < -0.39 is 84.1 Å². The van der Waals surface area contributed by atoms with Crippen LogP contribution in [0.5, 0.6) is 0 Å². The molecule has 2 aromatic rings. The molecule has 2 heterocycles. The van der Waals surface area contributed by atoms with Gasteiger partial charge in [0.2, 0.25) is 35.4 Å². The Morgan fingerprint density at radius 2 is 1.53 bits per heavy atom. The van der Waals surface area contributed by atoms with Crippen LogP contribution in [0.2, 0.25) is 0 Å². The molecule has 1 saturated heterocycles. The van der Waals surface area contributed by atoms with E-state index in [4.69, 9.17) is 5.73 Å². The van der Waals surface area contributed by atoms with Gasteiger partial charge in [-0.3, -0.25) is 33.6 Å². The standard InChI is InChI=1S/C38H57N9O8/c1-5-23(4)32(38(55)44-27-13-9-10-16-41-34(27)51)47-35(52)28(14-15-31(48)49)43-37(54)30(19-25-20-40-21-42-25)46-36(53)29(17-22(2)3)45-33(50)26(39)18-24-11-7-6-8-12-24/h6-8,11-12,20-23,26-30,32H,5,9-10,13-19,39H2,1-4H3,(H,40,42)(H,41,51)(H,43,54)(H,44,55)(H,45,50)(H,46,53)(H,47,52)(H,48,49)/t23-,26+,27-,28+,29-,30-,32+/m0/s1. The smallest absolute Gasteiger partial charge is 0.303 e. The van der Waals surface area contributed by atoms with Gasteiger partial charge in [-0.2, -0.15) is 0 Å². The van der Waals surface area contributed by atoms with Crippen molar-refractivity contribution in [1.29, 1.82) is 0 Å². The zero-order chi connectivity index (χ0) is 40.5. The molecule has 17 heteroatoms. The highest BCUT2D eigenvalue weighted by Crippen LogP contribution is 2.13. The zero-order valence-electron chi connectivity index (χ0n) is 32.1. The van der Waals surface area contributed by atoms with Gasteiger partial charge < -0.3 is 47.7 Å². The van der Waals surface area contributed by atoms with Crippen molar-refractivity contribution in [3.63, 3.8) is 0 Å². The Morgan fingerprint density at radius 1 is 0.873 bits per heavy atom. The Morgan fingerprint density at radius 3 is 2.16 bits per heavy atom. The molecule has 0 radical (unpaired) electrons. The van der Waals surface area contributed by atoms with Gasteiger partial charge in [-0.25, -0.2) is 4.98 Å². The van der Waals surface area contributed by atoms with Crippen LogP contribution in [0.3, 0.4) is 0 Å². The SMILES string of the molecule is CC[C@H](C)[C@@H](NC(=O)[C@@H](CCC(=O)O)NC(=O)[C@H](Cc1cnc[nH]1)NC(=O)[C@H](CC(C)C)NC(=O)[C@H](N)Cc1ccccc1)C(=O)N[C@H]1CCCCNC1=O. The molecule has 1 aliphatic heterocycles. The number of rotatable bonds is 21. The number of amides is 6. The molecule has 17 nitrogen and oxygen atoms in total. The number of H-pyrrole nitrogens is 1. The van der Waals surface area contributed by atoms with Crippen LogP contribution in [0.25, 0.3) is 0 Å². The molecule has 0 aliphatic carbocycles. The van der Waals surface area contributed by atoms with Crippen molar-refractivity contribution >= 4 is 41.4 Å². The van der Waals surface area contributed by atoms with Gasteiger partial charge in [0.15, 0.2) is 0 Å². The summed E-state index contributed by atoms with van der Waals surface area (Å²) in [4.78, 5) is 99.2. The number of aromatic amines is 1. The molecule has 0 unspecified atom stereocenters. The third-order valence-corrected chi connectivity index (χ3v) is 9.51. The highest BCUT2D eigenvalue weighted by Gasteiger charge is 2.35. The fraction of sp³-hybridized carbons (Fsp3) is 0.579. The summed E-state index contributed by atoms with van der Waals surface area (Å²) in [7, 11) is 0. The van der Waals surface area contributed by atoms with Crippen LogP contribution in [-0.4, -0.2) is 99.3 Å². The third-order valence-electron chi connectivity index (χ3n) is 9.51. The topological polar surface area (TPSA) is 267 Å². The quantitative estimate of drug-likeness (QED) is 0.0833. The van der Waals surface area contributed by atoms with Gasteiger partial charge in [0.25, 0.3) is 0 Å². The van der Waals surface area contributed by atoms with Crippen LogP contribution in [0.15, 0.2) is 42.9 Å². The van der Waals surface area contributed by atoms with Crippen LogP contribution in [-0.2, 0) is 46.4 Å². The monoisotopic (exact) mass is 767 g/mol. The van der Waals surface area contributed by atoms with Gasteiger partial charge in [0, 0.05) is 31.3 Å². The normalized spacial score (nSPS) is 17.6. The molecule has 1 aromatic carbocycles. The van der Waals surface area contributed by atoms with Crippen molar-refractivity contribution in [2.45, 2.75) is 122 Å². The summed E-state index contributed by atoms with van der Waals surface area (Å²) >= 11 is 0. The lowest BCUT2D eigenvalue weighted by atomic mass is 9.96. The minimum atomic E-state index is -1.42. The van der Waals surface area contributed by atoms with Gasteiger partial charge >= 0.3 is 5.97 Å². The number of aromatic nitrogens is 2. The van der Waals surface area contributed by atoms with Crippen LogP contribution >= 0.6 is 0 Å². The number of nitrogens with zero attached hydrogens (tertiary/aromatic N) is 1. The predicted molar refractivity (Wildman–Crippen MR) is 203 cm³/mol. The first-order valence-electron chi connectivity index (χ1n) is 19.0. The van der Waals surface area contributed by atoms with E-state index in [2.05, 4.69) is 41.9 Å². The zero-order valence-corrected chi connectivity index (χ0v) is 32.1. The average Bonchev–Trinajstić information content (AvgIpc) is 3.58. The van der Waals surface area contributed by atoms with E-state index in [1.165, 1.54) is 12.5 Å². The Balaban J connectivity index is 1.81. The Kier molecular flexibility index (Phi) is 17.8. The van der Waals surface area contributed by atoms with Gasteiger partial charge in [-0.1, -0.05) is 64.4 Å². The lowest BCUT2D eigenvalue weighted by molar-refractivity contribution is -0.139. The minimum absolute atomic E-state index is 0.0435. The number of nitrogens with one attached hydrogen (secondary N) is 7. The summed E-state index contributed by atoms with van der Waals surface area (Å²) < 4.78 is 0. The second kappa shape index (κ2) is 22.2. The number of carbonyl (C=O) groups is 7. The molecule has 3 rings (SSSR count). The van der Waals surface area contributed by atoms with Crippen molar-refractivity contribution in [1.82, 2.24) is 41.9 Å². The number of hydrogen-bond acceptors (Lipinski definition) is 9. The fourth-order valence-electron chi connectivity index (χ4n) is 6.14. The molecule has 0 bridgehead atoms. The summed E-state index contributed by atoms with van der Waals surface area (Å²) in [5.41, 5.74) is 7.51. The van der Waals surface area contributed by atoms with Crippen molar-refractivity contribution in [2.24, 2.45) is 17.6 Å². The van der Waals surface area contributed by atoms with Gasteiger partial charge in [-0.15, -0.1) is 0 Å². The number of nitrogens with two attached hydrogens (primary N) is 1. The highest BCUT2D eigenvalue weighted by atomic mass is 16.4. The maximum atomic E-state index is 14.0. The number of hydrogen-bond donors (Lipinski definition) is 9. The number of carboxylic acids is 1. The first-order chi connectivity index (χ1) is 26.2. The molecule has 6 amide bonds. The van der Waals surface area contributed by atoms with E-state index in [-0.39, 0.29) is 37.5 Å². The van der Waals surface area contributed by atoms with Crippen LogP contribution in [0.1, 0.15) is 83.9 Å². The second-order valence-corrected chi connectivity index (χ2v) is 14.5. The fourth-order valence-corrected chi connectivity index (χ4v) is 6.14. The van der Waals surface area contributed by atoms with E-state index in [1.807, 2.05) is 51.1 Å². The maximum Gasteiger partial charge on any atom is 0.303 e. The summed E-state index contributed by atoms with van der Waals surface area (Å²) in [5, 5.41) is 25.7. The molecule has 0 saturated carbocycles. The number of carboxylic acid groups (broad SMARTS) is 1. The van der Waals surface area contributed by atoms with E-state index in [1.54, 1.807) is 6.92 Å². The molecular weight excluding hydrogens is 710 g/mol. The lowest BCUT2D eigenvalue weighted by Crippen LogP contribution is -2.60. The van der Waals surface area contributed by atoms with Gasteiger partial charge in [-0.05, 0) is 55.9 Å². The molecule has 0 spiro atoms. The van der Waals surface area contributed by atoms with Crippen molar-refractivity contribution in [2.75, 3.05) is 6.54 Å². The molecule has 55 heavy (non-hydrogen) atoms. The van der Waals surface area contributed by atoms with Crippen molar-refractivity contribution in [3.05, 3.63) is 54.1 Å². The number of carbonyl (C=O) groups excluding carboxylic acids is 6. The summed E-state index contributed by atoms with van der Waals surface area (Å²) in [6.07, 6.45) is 4.79. The Labute approximate surface area is 321 Å².